The first kappa shape index (κ1) is 13.6. The van der Waals surface area contributed by atoms with Crippen LogP contribution < -0.4 is 5.69 Å². The molecule has 0 N–H and O–H groups in total. The fraction of sp³-hybridized carbons (Fsp3) is 0.400. The lowest BCUT2D eigenvalue weighted by Crippen LogP contribution is -2.30. The summed E-state index contributed by atoms with van der Waals surface area (Å²) < 4.78 is 7.62. The first-order valence-corrected chi connectivity index (χ1v) is 6.91. The largest absolute Gasteiger partial charge is 0.467 e. The number of nitrogens with zero attached hydrogens (tertiary/aromatic N) is 3. The maximum absolute atomic E-state index is 12.4. The van der Waals surface area contributed by atoms with E-state index in [1.54, 1.807) is 0 Å². The van der Waals surface area contributed by atoms with Gasteiger partial charge in [0.25, 0.3) is 0 Å². The van der Waals surface area contributed by atoms with Crippen LogP contribution in [0.25, 0.3) is 0 Å². The molecule has 1 aromatic carbocycles. The Morgan fingerprint density at radius 1 is 1.38 bits per heavy atom. The van der Waals surface area contributed by atoms with Crippen molar-refractivity contribution in [1.29, 1.82) is 0 Å². The van der Waals surface area contributed by atoms with Gasteiger partial charge >= 0.3 is 11.7 Å². The molecule has 3 rings (SSSR count). The second kappa shape index (κ2) is 5.20. The van der Waals surface area contributed by atoms with Crippen molar-refractivity contribution in [2.24, 2.45) is 0 Å². The summed E-state index contributed by atoms with van der Waals surface area (Å²) in [5, 5.41) is 4.33. The van der Waals surface area contributed by atoms with Gasteiger partial charge in [-0.05, 0) is 18.9 Å². The molecule has 0 fully saturated rings. The fourth-order valence-electron chi connectivity index (χ4n) is 2.67. The van der Waals surface area contributed by atoms with Crippen molar-refractivity contribution in [1.82, 2.24) is 14.3 Å². The molecule has 0 radical (unpaired) electrons. The number of hydrogen-bond donors (Lipinski definition) is 0. The molecule has 6 heteroatoms. The molecule has 0 saturated heterocycles. The molecule has 2 aromatic rings. The summed E-state index contributed by atoms with van der Waals surface area (Å²) in [6, 6.07) is 7.42. The first-order valence-electron chi connectivity index (χ1n) is 6.91. The standard InChI is InChI=1S/C15H17N3O3/c1-10-3-5-11(6-4-10)9-17-15(20)18-12(14(19)21-2)7-8-13(18)16-17/h3-6,12H,7-9H2,1-2H3/t12-/m0/s1. The average molecular weight is 287 g/mol. The number of aromatic nitrogens is 3. The first-order chi connectivity index (χ1) is 10.1. The monoisotopic (exact) mass is 287 g/mol. The van der Waals surface area contributed by atoms with Gasteiger partial charge in [0, 0.05) is 6.42 Å². The minimum atomic E-state index is -0.538. The molecule has 1 aromatic heterocycles. The Morgan fingerprint density at radius 2 is 2.10 bits per heavy atom. The SMILES string of the molecule is COC(=O)[C@@H]1CCc2nn(Cc3ccc(C)cc3)c(=O)n21. The Bertz CT molecular complexity index is 728. The predicted octanol–water partition coefficient (Wildman–Crippen LogP) is 1.06. The average Bonchev–Trinajstić information content (AvgIpc) is 3.02. The molecule has 0 unspecified atom stereocenters. The van der Waals surface area contributed by atoms with E-state index in [1.165, 1.54) is 21.9 Å². The normalized spacial score (nSPS) is 16.8. The van der Waals surface area contributed by atoms with Crippen LogP contribution >= 0.6 is 0 Å². The molecule has 0 saturated carbocycles. The van der Waals surface area contributed by atoms with Gasteiger partial charge in [0.1, 0.15) is 11.9 Å². The van der Waals surface area contributed by atoms with Crippen LogP contribution in [0.15, 0.2) is 29.1 Å². The van der Waals surface area contributed by atoms with Crippen LogP contribution in [0, 0.1) is 6.92 Å². The van der Waals surface area contributed by atoms with Crippen molar-refractivity contribution in [3.8, 4) is 0 Å². The van der Waals surface area contributed by atoms with Crippen molar-refractivity contribution in [3.05, 3.63) is 51.7 Å². The molecule has 110 valence electrons. The van der Waals surface area contributed by atoms with E-state index in [0.29, 0.717) is 25.2 Å². The zero-order chi connectivity index (χ0) is 15.0. The number of benzene rings is 1. The summed E-state index contributed by atoms with van der Waals surface area (Å²) in [4.78, 5) is 24.1. The lowest BCUT2D eigenvalue weighted by atomic mass is 10.1. The van der Waals surface area contributed by atoms with Crippen LogP contribution in [-0.2, 0) is 22.5 Å². The van der Waals surface area contributed by atoms with E-state index in [-0.39, 0.29) is 11.7 Å². The topological polar surface area (TPSA) is 66.1 Å². The van der Waals surface area contributed by atoms with E-state index in [0.717, 1.165) is 5.56 Å². The highest BCUT2D eigenvalue weighted by Crippen LogP contribution is 2.23. The van der Waals surface area contributed by atoms with Gasteiger partial charge in [0.05, 0.1) is 13.7 Å². The van der Waals surface area contributed by atoms with E-state index in [9.17, 15) is 9.59 Å². The third-order valence-corrected chi connectivity index (χ3v) is 3.82. The number of aryl methyl sites for hydroxylation is 2. The van der Waals surface area contributed by atoms with E-state index < -0.39 is 6.04 Å². The second-order valence-corrected chi connectivity index (χ2v) is 5.29. The van der Waals surface area contributed by atoms with Crippen LogP contribution in [0.3, 0.4) is 0 Å². The number of esters is 1. The van der Waals surface area contributed by atoms with Gasteiger partial charge in [-0.1, -0.05) is 29.8 Å². The third kappa shape index (κ3) is 2.37. The molecule has 6 nitrogen and oxygen atoms in total. The van der Waals surface area contributed by atoms with Crippen molar-refractivity contribution in [2.75, 3.05) is 7.11 Å². The molecule has 1 atom stereocenters. The van der Waals surface area contributed by atoms with E-state index in [2.05, 4.69) is 5.10 Å². The molecular weight excluding hydrogens is 270 g/mol. The van der Waals surface area contributed by atoms with Gasteiger partial charge in [-0.25, -0.2) is 14.3 Å². The maximum Gasteiger partial charge on any atom is 0.347 e. The molecular formula is C15H17N3O3. The van der Waals surface area contributed by atoms with Crippen LogP contribution in [0.5, 0.6) is 0 Å². The Balaban J connectivity index is 1.91. The second-order valence-electron chi connectivity index (χ2n) is 5.29. The zero-order valence-corrected chi connectivity index (χ0v) is 12.1. The third-order valence-electron chi connectivity index (χ3n) is 3.82. The highest BCUT2D eigenvalue weighted by Gasteiger charge is 2.33. The van der Waals surface area contributed by atoms with Crippen molar-refractivity contribution in [2.45, 2.75) is 32.4 Å². The quantitative estimate of drug-likeness (QED) is 0.792. The van der Waals surface area contributed by atoms with E-state index in [4.69, 9.17) is 4.74 Å². The smallest absolute Gasteiger partial charge is 0.347 e. The van der Waals surface area contributed by atoms with Crippen molar-refractivity contribution < 1.29 is 9.53 Å². The summed E-state index contributed by atoms with van der Waals surface area (Å²) in [6.45, 7) is 2.43. The molecule has 0 amide bonds. The van der Waals surface area contributed by atoms with Gasteiger partial charge in [-0.15, -0.1) is 0 Å². The Morgan fingerprint density at radius 3 is 2.76 bits per heavy atom. The van der Waals surface area contributed by atoms with Gasteiger partial charge in [-0.2, -0.15) is 5.10 Å². The van der Waals surface area contributed by atoms with Gasteiger partial charge in [0.15, 0.2) is 0 Å². The lowest BCUT2D eigenvalue weighted by molar-refractivity contribution is -0.144. The van der Waals surface area contributed by atoms with Gasteiger partial charge in [-0.3, -0.25) is 4.57 Å². The molecule has 21 heavy (non-hydrogen) atoms. The Hall–Kier alpha value is -2.37. The van der Waals surface area contributed by atoms with Crippen LogP contribution in [0.4, 0.5) is 0 Å². The van der Waals surface area contributed by atoms with E-state index >= 15 is 0 Å². The maximum atomic E-state index is 12.4. The Kier molecular flexibility index (Phi) is 3.37. The molecule has 0 aliphatic carbocycles. The Labute approximate surface area is 122 Å². The fourth-order valence-corrected chi connectivity index (χ4v) is 2.67. The number of ether oxygens (including phenoxy) is 1. The highest BCUT2D eigenvalue weighted by molar-refractivity contribution is 5.74. The van der Waals surface area contributed by atoms with Crippen LogP contribution in [0.1, 0.15) is 29.4 Å². The van der Waals surface area contributed by atoms with Crippen molar-refractivity contribution in [3.63, 3.8) is 0 Å². The number of fused-ring (bicyclic) bond motifs is 1. The predicted molar refractivity (Wildman–Crippen MR) is 76.1 cm³/mol. The van der Waals surface area contributed by atoms with Gasteiger partial charge < -0.3 is 4.74 Å². The minimum absolute atomic E-state index is 0.251. The number of rotatable bonds is 3. The number of carbonyl (C=O) groups is 1. The zero-order valence-electron chi connectivity index (χ0n) is 12.1. The van der Waals surface area contributed by atoms with Crippen molar-refractivity contribution >= 4 is 5.97 Å². The molecule has 0 bridgehead atoms. The highest BCUT2D eigenvalue weighted by atomic mass is 16.5. The number of carbonyl (C=O) groups excluding carboxylic acids is 1. The molecule has 2 heterocycles. The summed E-state index contributed by atoms with van der Waals surface area (Å²) in [7, 11) is 1.34. The van der Waals surface area contributed by atoms with Gasteiger partial charge in [0.2, 0.25) is 0 Å². The summed E-state index contributed by atoms with van der Waals surface area (Å²) >= 11 is 0. The summed E-state index contributed by atoms with van der Waals surface area (Å²) in [6.07, 6.45) is 1.20. The number of hydrogen-bond acceptors (Lipinski definition) is 4. The molecule has 1 aliphatic heterocycles. The van der Waals surface area contributed by atoms with Crippen LogP contribution in [0.2, 0.25) is 0 Å². The number of methoxy groups -OCH3 is 1. The lowest BCUT2D eigenvalue weighted by Gasteiger charge is -2.08. The molecule has 1 aliphatic rings. The van der Waals surface area contributed by atoms with Crippen LogP contribution in [-0.4, -0.2) is 27.4 Å². The van der Waals surface area contributed by atoms with E-state index in [1.807, 2.05) is 31.2 Å². The summed E-state index contributed by atoms with van der Waals surface area (Å²) in [5.41, 5.74) is 1.93. The summed E-state index contributed by atoms with van der Waals surface area (Å²) in [5.74, 6) is 0.272. The molecule has 0 spiro atoms. The minimum Gasteiger partial charge on any atom is -0.467 e.